The summed E-state index contributed by atoms with van der Waals surface area (Å²) < 4.78 is 15.0. The molecule has 0 unspecified atom stereocenters. The highest BCUT2D eigenvalue weighted by atomic mass is 35.5. The molecule has 8 heteroatoms. The highest BCUT2D eigenvalue weighted by molar-refractivity contribution is 6.35. The maximum atomic E-state index is 12.0. The van der Waals surface area contributed by atoms with Gasteiger partial charge in [0.05, 0.1) is 10.7 Å². The van der Waals surface area contributed by atoms with Gasteiger partial charge < -0.3 is 19.5 Å². The lowest BCUT2D eigenvalue weighted by Gasteiger charge is -2.17. The van der Waals surface area contributed by atoms with E-state index in [1.807, 2.05) is 0 Å². The van der Waals surface area contributed by atoms with Crippen molar-refractivity contribution in [3.8, 4) is 0 Å². The van der Waals surface area contributed by atoms with Crippen LogP contribution in [-0.4, -0.2) is 31.2 Å². The minimum Gasteiger partial charge on any atom is -0.493 e. The van der Waals surface area contributed by atoms with Gasteiger partial charge in [0.15, 0.2) is 6.10 Å². The number of carbonyl (C=O) groups excluding carboxylic acids is 2. The lowest BCUT2D eigenvalue weighted by atomic mass is 10.3. The van der Waals surface area contributed by atoms with Crippen LogP contribution < -0.4 is 5.32 Å². The van der Waals surface area contributed by atoms with Gasteiger partial charge in [-0.25, -0.2) is 4.79 Å². The Kier molecular flexibility index (Phi) is 5.51. The van der Waals surface area contributed by atoms with E-state index in [4.69, 9.17) is 37.4 Å². The van der Waals surface area contributed by atoms with Crippen LogP contribution in [0, 0.1) is 0 Å². The van der Waals surface area contributed by atoms with E-state index in [9.17, 15) is 9.59 Å². The first-order valence-electron chi connectivity index (χ1n) is 6.39. The molecule has 0 aromatic heterocycles. The van der Waals surface area contributed by atoms with Gasteiger partial charge >= 0.3 is 5.97 Å². The summed E-state index contributed by atoms with van der Waals surface area (Å²) in [5, 5.41) is 3.28. The first-order chi connectivity index (χ1) is 10.5. The number of hydrogen-bond acceptors (Lipinski definition) is 5. The molecule has 1 aromatic rings. The molecule has 1 aliphatic heterocycles. The highest BCUT2D eigenvalue weighted by Gasteiger charge is 2.23. The van der Waals surface area contributed by atoms with Crippen LogP contribution in [0.5, 0.6) is 0 Å². The third-order valence-corrected chi connectivity index (χ3v) is 3.25. The molecule has 0 fully saturated rings. The molecule has 2 rings (SSSR count). The molecule has 118 valence electrons. The summed E-state index contributed by atoms with van der Waals surface area (Å²) in [6.07, 6.45) is 0.110. The van der Waals surface area contributed by atoms with E-state index < -0.39 is 18.0 Å². The number of ether oxygens (including phenoxy) is 3. The Morgan fingerprint density at radius 3 is 2.77 bits per heavy atom. The van der Waals surface area contributed by atoms with Crippen molar-refractivity contribution in [2.24, 2.45) is 0 Å². The van der Waals surface area contributed by atoms with E-state index in [2.05, 4.69) is 5.32 Å². The second-order valence-electron chi connectivity index (χ2n) is 4.36. The minimum absolute atomic E-state index is 0.0771. The number of nitrogens with one attached hydrogen (secondary N) is 1. The molecule has 1 amide bonds. The van der Waals surface area contributed by atoms with Crippen molar-refractivity contribution in [3.63, 3.8) is 0 Å². The topological polar surface area (TPSA) is 73.9 Å². The fourth-order valence-corrected chi connectivity index (χ4v) is 1.91. The Bertz CT molecular complexity index is 617. The van der Waals surface area contributed by atoms with E-state index >= 15 is 0 Å². The van der Waals surface area contributed by atoms with Crippen molar-refractivity contribution in [1.29, 1.82) is 0 Å². The van der Waals surface area contributed by atoms with Crippen LogP contribution in [0.4, 0.5) is 5.69 Å². The minimum atomic E-state index is -1.05. The van der Waals surface area contributed by atoms with Gasteiger partial charge in [0, 0.05) is 5.02 Å². The molecule has 1 atom stereocenters. The first-order valence-corrected chi connectivity index (χ1v) is 7.14. The summed E-state index contributed by atoms with van der Waals surface area (Å²) in [7, 11) is 0. The maximum absolute atomic E-state index is 12.0. The second kappa shape index (κ2) is 7.38. The Hall–Kier alpha value is -1.92. The van der Waals surface area contributed by atoms with Crippen molar-refractivity contribution in [3.05, 3.63) is 40.3 Å². The van der Waals surface area contributed by atoms with Crippen LogP contribution >= 0.6 is 23.2 Å². The smallest absolute Gasteiger partial charge is 0.377 e. The zero-order valence-corrected chi connectivity index (χ0v) is 13.1. The molecule has 0 spiro atoms. The Morgan fingerprint density at radius 1 is 1.32 bits per heavy atom. The molecule has 0 radical (unpaired) electrons. The van der Waals surface area contributed by atoms with E-state index in [-0.39, 0.29) is 12.4 Å². The average Bonchev–Trinajstić information content (AvgIpc) is 2.51. The number of hydrogen-bond donors (Lipinski definition) is 1. The number of carbonyl (C=O) groups is 2. The van der Waals surface area contributed by atoms with Crippen LogP contribution in [0.2, 0.25) is 10.0 Å². The van der Waals surface area contributed by atoms with Gasteiger partial charge in [-0.1, -0.05) is 23.2 Å². The number of amides is 1. The fourth-order valence-electron chi connectivity index (χ4n) is 1.58. The summed E-state index contributed by atoms with van der Waals surface area (Å²) in [5.74, 6) is -1.40. The molecular formula is C14H13Cl2NO5. The monoisotopic (exact) mass is 345 g/mol. The maximum Gasteiger partial charge on any atom is 0.377 e. The molecular weight excluding hydrogens is 333 g/mol. The van der Waals surface area contributed by atoms with E-state index in [0.29, 0.717) is 22.3 Å². The molecule has 0 aliphatic carbocycles. The lowest BCUT2D eigenvalue weighted by molar-refractivity contribution is -0.153. The number of halogens is 2. The lowest BCUT2D eigenvalue weighted by Crippen LogP contribution is -2.31. The SMILES string of the molecule is C[C@H](OC(=O)C1=COCCO1)C(=O)Nc1cc(Cl)ccc1Cl. The Balaban J connectivity index is 1.95. The summed E-state index contributed by atoms with van der Waals surface area (Å²) in [6, 6.07) is 4.64. The summed E-state index contributed by atoms with van der Waals surface area (Å²) in [4.78, 5) is 23.8. The molecule has 0 saturated carbocycles. The van der Waals surface area contributed by atoms with E-state index in [0.717, 1.165) is 6.26 Å². The van der Waals surface area contributed by atoms with Crippen LogP contribution in [0.15, 0.2) is 30.2 Å². The normalized spacial score (nSPS) is 15.0. The van der Waals surface area contributed by atoms with Gasteiger partial charge in [0.25, 0.3) is 5.91 Å². The van der Waals surface area contributed by atoms with Crippen LogP contribution in [0.3, 0.4) is 0 Å². The van der Waals surface area contributed by atoms with Crippen LogP contribution in [-0.2, 0) is 23.8 Å². The third kappa shape index (κ3) is 4.29. The second-order valence-corrected chi connectivity index (χ2v) is 5.21. The number of anilines is 1. The van der Waals surface area contributed by atoms with Gasteiger partial charge in [-0.15, -0.1) is 0 Å². The van der Waals surface area contributed by atoms with Crippen LogP contribution in [0.1, 0.15) is 6.92 Å². The molecule has 6 nitrogen and oxygen atoms in total. The summed E-state index contributed by atoms with van der Waals surface area (Å²) >= 11 is 11.8. The molecule has 1 aromatic carbocycles. The van der Waals surface area contributed by atoms with Gasteiger partial charge in [0.2, 0.25) is 5.76 Å². The van der Waals surface area contributed by atoms with E-state index in [1.165, 1.54) is 13.0 Å². The molecule has 1 N–H and O–H groups in total. The zero-order chi connectivity index (χ0) is 16.1. The predicted molar refractivity (Wildman–Crippen MR) is 80.6 cm³/mol. The molecule has 22 heavy (non-hydrogen) atoms. The quantitative estimate of drug-likeness (QED) is 0.849. The number of benzene rings is 1. The van der Waals surface area contributed by atoms with Crippen molar-refractivity contribution in [2.75, 3.05) is 18.5 Å². The average molecular weight is 346 g/mol. The predicted octanol–water partition coefficient (Wildman–Crippen LogP) is 2.75. The van der Waals surface area contributed by atoms with Crippen molar-refractivity contribution in [2.45, 2.75) is 13.0 Å². The van der Waals surface area contributed by atoms with Crippen molar-refractivity contribution < 1.29 is 23.8 Å². The summed E-state index contributed by atoms with van der Waals surface area (Å²) in [6.45, 7) is 2.04. The molecule has 1 aliphatic rings. The van der Waals surface area contributed by atoms with Crippen LogP contribution in [0.25, 0.3) is 0 Å². The van der Waals surface area contributed by atoms with Gasteiger partial charge in [0.1, 0.15) is 19.5 Å². The van der Waals surface area contributed by atoms with E-state index in [1.54, 1.807) is 12.1 Å². The Labute approximate surface area is 136 Å². The molecule has 0 saturated heterocycles. The first kappa shape index (κ1) is 16.5. The van der Waals surface area contributed by atoms with Crippen molar-refractivity contribution in [1.82, 2.24) is 0 Å². The fraction of sp³-hybridized carbons (Fsp3) is 0.286. The van der Waals surface area contributed by atoms with Crippen molar-refractivity contribution >= 4 is 40.8 Å². The van der Waals surface area contributed by atoms with Gasteiger partial charge in [-0.3, -0.25) is 4.79 Å². The third-order valence-electron chi connectivity index (χ3n) is 2.69. The van der Waals surface area contributed by atoms with Gasteiger partial charge in [-0.2, -0.15) is 0 Å². The van der Waals surface area contributed by atoms with Gasteiger partial charge in [-0.05, 0) is 25.1 Å². The Morgan fingerprint density at radius 2 is 2.09 bits per heavy atom. The highest BCUT2D eigenvalue weighted by Crippen LogP contribution is 2.25. The largest absolute Gasteiger partial charge is 0.493 e. The molecule has 1 heterocycles. The molecule has 0 bridgehead atoms. The zero-order valence-electron chi connectivity index (χ0n) is 11.6. The number of rotatable bonds is 4. The number of esters is 1. The standard InChI is InChI=1S/C14H13Cl2NO5/c1-8(22-14(19)12-7-20-4-5-21-12)13(18)17-11-6-9(15)2-3-10(11)16/h2-3,6-8H,4-5H2,1H3,(H,17,18)/t8-/m0/s1. The summed E-state index contributed by atoms with van der Waals surface area (Å²) in [5.41, 5.74) is 0.332.